The molecule has 11 nitrogen and oxygen atoms in total. The average molecular weight is 529 g/mol. The van der Waals surface area contributed by atoms with Crippen molar-refractivity contribution < 1.29 is 22.6 Å². The Morgan fingerprint density at radius 3 is 2.22 bits per heavy atom. The summed E-state index contributed by atoms with van der Waals surface area (Å²) in [5.74, 6) is 2.20. The Morgan fingerprint density at radius 2 is 1.68 bits per heavy atom. The van der Waals surface area contributed by atoms with Gasteiger partial charge in [0.05, 0.1) is 14.2 Å². The van der Waals surface area contributed by atoms with Crippen molar-refractivity contribution in [2.24, 2.45) is 5.41 Å². The summed E-state index contributed by atoms with van der Waals surface area (Å²) in [6.07, 6.45) is 6.82. The first-order valence-electron chi connectivity index (χ1n) is 12.2. The third-order valence-electron chi connectivity index (χ3n) is 7.45. The lowest BCUT2D eigenvalue weighted by Crippen LogP contribution is -2.33. The van der Waals surface area contributed by atoms with Crippen molar-refractivity contribution in [3.05, 3.63) is 47.8 Å². The molecule has 198 valence electrons. The van der Waals surface area contributed by atoms with Crippen LogP contribution < -0.4 is 14.2 Å². The number of ether oxygens (including phenoxy) is 3. The molecule has 0 amide bonds. The average Bonchev–Trinajstić information content (AvgIpc) is 3.59. The minimum Gasteiger partial charge on any atom is -0.494 e. The van der Waals surface area contributed by atoms with Crippen LogP contribution in [0.3, 0.4) is 0 Å². The molecule has 5 rings (SSSR count). The molecule has 12 heteroatoms. The van der Waals surface area contributed by atoms with E-state index in [0.29, 0.717) is 28.4 Å². The summed E-state index contributed by atoms with van der Waals surface area (Å²) >= 11 is 0. The number of nitrogens with zero attached hydrogens (tertiary/aromatic N) is 5. The van der Waals surface area contributed by atoms with Crippen molar-refractivity contribution in [3.8, 4) is 17.2 Å². The first kappa shape index (κ1) is 25.4. The molecule has 2 aromatic heterocycles. The van der Waals surface area contributed by atoms with Gasteiger partial charge in [0.15, 0.2) is 5.82 Å². The number of nitrogens with one attached hydrogen (secondary N) is 1. The Balaban J connectivity index is 1.54. The second-order valence-electron chi connectivity index (χ2n) is 9.96. The number of methoxy groups -OCH3 is 3. The lowest BCUT2D eigenvalue weighted by Gasteiger charge is -2.35. The topological polar surface area (TPSA) is 130 Å². The normalized spacial score (nSPS) is 18.2. The maximum atomic E-state index is 13.6. The van der Waals surface area contributed by atoms with Gasteiger partial charge in [0.2, 0.25) is 16.0 Å². The summed E-state index contributed by atoms with van der Waals surface area (Å²) in [7, 11) is 0.525. The van der Waals surface area contributed by atoms with Gasteiger partial charge in [-0.25, -0.2) is 18.4 Å². The van der Waals surface area contributed by atoms with Crippen molar-refractivity contribution in [2.45, 2.75) is 56.8 Å². The van der Waals surface area contributed by atoms with E-state index in [1.807, 2.05) is 13.0 Å². The zero-order valence-corrected chi connectivity index (χ0v) is 22.4. The third kappa shape index (κ3) is 4.63. The minimum absolute atomic E-state index is 0.0566. The van der Waals surface area contributed by atoms with E-state index in [1.165, 1.54) is 20.0 Å². The highest BCUT2D eigenvalue weighted by atomic mass is 32.2. The molecule has 0 saturated heterocycles. The molecule has 37 heavy (non-hydrogen) atoms. The lowest BCUT2D eigenvalue weighted by atomic mass is 9.71. The maximum absolute atomic E-state index is 13.6. The van der Waals surface area contributed by atoms with Gasteiger partial charge in [0.25, 0.3) is 0 Å². The van der Waals surface area contributed by atoms with Gasteiger partial charge < -0.3 is 14.2 Å². The van der Waals surface area contributed by atoms with Gasteiger partial charge in [-0.15, -0.1) is 10.2 Å². The van der Waals surface area contributed by atoms with Gasteiger partial charge in [0, 0.05) is 25.4 Å². The Kier molecular flexibility index (Phi) is 6.57. The van der Waals surface area contributed by atoms with Crippen molar-refractivity contribution >= 4 is 16.0 Å². The van der Waals surface area contributed by atoms with Crippen LogP contribution >= 0.6 is 0 Å². The van der Waals surface area contributed by atoms with Crippen LogP contribution in [-0.2, 0) is 14.8 Å². The zero-order chi connectivity index (χ0) is 26.4. The summed E-state index contributed by atoms with van der Waals surface area (Å²) in [6.45, 7) is 3.41. The fourth-order valence-electron chi connectivity index (χ4n) is 5.09. The summed E-state index contributed by atoms with van der Waals surface area (Å²) in [5, 5.41) is 7.71. The molecule has 2 saturated carbocycles. The number of rotatable bonds is 10. The van der Waals surface area contributed by atoms with Gasteiger partial charge >= 0.3 is 0 Å². The molecule has 0 aliphatic heterocycles. The highest BCUT2D eigenvalue weighted by molar-refractivity contribution is 7.93. The largest absolute Gasteiger partial charge is 0.494 e. The molecule has 2 atom stereocenters. The molecule has 2 aliphatic rings. The molecule has 2 heterocycles. The van der Waals surface area contributed by atoms with Gasteiger partial charge in [-0.1, -0.05) is 6.07 Å². The van der Waals surface area contributed by atoms with Gasteiger partial charge in [0.1, 0.15) is 34.4 Å². The summed E-state index contributed by atoms with van der Waals surface area (Å²) in [6, 6.07) is 5.40. The van der Waals surface area contributed by atoms with E-state index in [-0.39, 0.29) is 17.7 Å². The quantitative estimate of drug-likeness (QED) is 0.420. The number of para-hydroxylation sites is 1. The van der Waals surface area contributed by atoms with Crippen LogP contribution in [0.25, 0.3) is 5.69 Å². The lowest BCUT2D eigenvalue weighted by molar-refractivity contribution is 0.0949. The Labute approximate surface area is 216 Å². The van der Waals surface area contributed by atoms with Crippen molar-refractivity contribution in [1.29, 1.82) is 0 Å². The van der Waals surface area contributed by atoms with Gasteiger partial charge in [-0.2, -0.15) is 0 Å². The number of hydrogen-bond donors (Lipinski definition) is 1. The molecule has 0 bridgehead atoms. The van der Waals surface area contributed by atoms with Crippen LogP contribution in [0, 0.1) is 12.3 Å². The van der Waals surface area contributed by atoms with Gasteiger partial charge in [-0.3, -0.25) is 9.29 Å². The van der Waals surface area contributed by atoms with E-state index >= 15 is 0 Å². The van der Waals surface area contributed by atoms with Gasteiger partial charge in [-0.05, 0) is 62.6 Å². The van der Waals surface area contributed by atoms with E-state index in [9.17, 15) is 8.42 Å². The van der Waals surface area contributed by atoms with Crippen molar-refractivity contribution in [3.63, 3.8) is 0 Å². The van der Waals surface area contributed by atoms with Crippen molar-refractivity contribution in [1.82, 2.24) is 24.7 Å². The second kappa shape index (κ2) is 9.56. The summed E-state index contributed by atoms with van der Waals surface area (Å²) < 4.78 is 48.4. The molecule has 1 N–H and O–H groups in total. The predicted molar refractivity (Wildman–Crippen MR) is 137 cm³/mol. The Morgan fingerprint density at radius 1 is 1.05 bits per heavy atom. The smallest absolute Gasteiger partial charge is 0.243 e. The number of benzene rings is 1. The fourth-order valence-corrected chi connectivity index (χ4v) is 6.22. The molecule has 2 aliphatic carbocycles. The molecule has 2 fully saturated rings. The van der Waals surface area contributed by atoms with E-state index in [0.717, 1.165) is 18.4 Å². The maximum Gasteiger partial charge on any atom is 0.243 e. The van der Waals surface area contributed by atoms with Crippen LogP contribution in [0.5, 0.6) is 11.5 Å². The molecule has 1 spiro atoms. The number of aromatic nitrogens is 5. The number of hydrogen-bond acceptors (Lipinski definition) is 9. The molecule has 0 unspecified atom stereocenters. The Hall–Kier alpha value is -3.25. The molecular weight excluding hydrogens is 496 g/mol. The number of sulfonamides is 1. The molecule has 1 aromatic carbocycles. The van der Waals surface area contributed by atoms with Crippen LogP contribution in [0.1, 0.15) is 61.8 Å². The SMILES string of the molecule is COc1cccc(OC)c1-n1c(NS(=O)(=O)[C@@H](C)[C@H](OC)c2ncc(C)cn2)nnc1C1CC2(CC2)C1. The number of anilines is 1. The molecule has 3 aromatic rings. The highest BCUT2D eigenvalue weighted by Gasteiger charge is 2.54. The molecule has 0 radical (unpaired) electrons. The van der Waals surface area contributed by atoms with E-state index in [2.05, 4.69) is 24.9 Å². The first-order chi connectivity index (χ1) is 17.7. The first-order valence-corrected chi connectivity index (χ1v) is 13.8. The van der Waals surface area contributed by atoms with Crippen LogP contribution in [0.2, 0.25) is 0 Å². The van der Waals surface area contributed by atoms with Crippen molar-refractivity contribution in [2.75, 3.05) is 26.1 Å². The minimum atomic E-state index is -4.02. The fraction of sp³-hybridized carbons (Fsp3) is 0.520. The zero-order valence-electron chi connectivity index (χ0n) is 21.6. The van der Waals surface area contributed by atoms with Crippen LogP contribution in [-0.4, -0.2) is 59.7 Å². The highest BCUT2D eigenvalue weighted by Crippen LogP contribution is 2.66. The third-order valence-corrected chi connectivity index (χ3v) is 9.15. The standard InChI is InChI=1S/C25H32N6O5S/c1-15-13-26-22(27-14-15)21(36-5)16(2)37(32,33)30-24-29-28-23(17-11-25(12-17)9-10-25)31(24)20-18(34-3)7-6-8-19(20)35-4/h6-8,13-14,16-17,21H,9-12H2,1-5H3,(H,29,30)/t16-,21-/m0/s1. The van der Waals surface area contributed by atoms with E-state index in [1.54, 1.807) is 50.2 Å². The second-order valence-corrected chi connectivity index (χ2v) is 12.0. The monoisotopic (exact) mass is 528 g/mol. The number of aryl methyl sites for hydroxylation is 1. The summed E-state index contributed by atoms with van der Waals surface area (Å²) in [5.41, 5.74) is 1.82. The predicted octanol–water partition coefficient (Wildman–Crippen LogP) is 3.56. The van der Waals surface area contributed by atoms with Crippen LogP contribution in [0.4, 0.5) is 5.95 Å². The summed E-state index contributed by atoms with van der Waals surface area (Å²) in [4.78, 5) is 8.54. The van der Waals surface area contributed by atoms with E-state index in [4.69, 9.17) is 14.2 Å². The Bertz CT molecular complexity index is 1360. The molecular formula is C25H32N6O5S. The van der Waals surface area contributed by atoms with E-state index < -0.39 is 21.4 Å². The van der Waals surface area contributed by atoms with Crippen LogP contribution in [0.15, 0.2) is 30.6 Å².